The first-order chi connectivity index (χ1) is 8.12. The second kappa shape index (κ2) is 4.65. The minimum atomic E-state index is -0.472. The van der Waals surface area contributed by atoms with Gasteiger partial charge in [0.2, 0.25) is 0 Å². The van der Waals surface area contributed by atoms with Crippen molar-refractivity contribution in [1.29, 1.82) is 0 Å². The van der Waals surface area contributed by atoms with Gasteiger partial charge in [-0.15, -0.1) is 0 Å². The highest BCUT2D eigenvalue weighted by atomic mass is 79.9. The highest BCUT2D eigenvalue weighted by Gasteiger charge is 2.49. The number of rotatable bonds is 2. The van der Waals surface area contributed by atoms with Crippen LogP contribution in [0.3, 0.4) is 0 Å². The van der Waals surface area contributed by atoms with E-state index in [-0.39, 0.29) is 5.97 Å². The summed E-state index contributed by atoms with van der Waals surface area (Å²) < 4.78 is 5.96. The van der Waals surface area contributed by atoms with Gasteiger partial charge in [-0.2, -0.15) is 0 Å². The molecular formula is C14H15BrO2. The molecule has 0 unspecified atom stereocenters. The molecule has 2 nitrogen and oxygen atoms in total. The van der Waals surface area contributed by atoms with Crippen LogP contribution < -0.4 is 0 Å². The molecule has 0 radical (unpaired) electrons. The van der Waals surface area contributed by atoms with E-state index in [2.05, 4.69) is 22.0 Å². The molecule has 1 aromatic rings. The van der Waals surface area contributed by atoms with Gasteiger partial charge in [0.1, 0.15) is 5.41 Å². The third kappa shape index (κ3) is 2.04. The monoisotopic (exact) mass is 294 g/mol. The van der Waals surface area contributed by atoms with Crippen LogP contribution in [0.2, 0.25) is 0 Å². The number of esters is 1. The van der Waals surface area contributed by atoms with Gasteiger partial charge in [0, 0.05) is 4.47 Å². The van der Waals surface area contributed by atoms with E-state index >= 15 is 0 Å². The zero-order chi connectivity index (χ0) is 12.5. The van der Waals surface area contributed by atoms with Gasteiger partial charge >= 0.3 is 5.97 Å². The molecule has 2 rings (SSSR count). The Bertz CT molecular complexity index is 469. The van der Waals surface area contributed by atoms with Crippen molar-refractivity contribution in [3.8, 4) is 0 Å². The van der Waals surface area contributed by atoms with E-state index in [9.17, 15) is 4.79 Å². The van der Waals surface area contributed by atoms with Crippen LogP contribution in [-0.2, 0) is 14.9 Å². The summed E-state index contributed by atoms with van der Waals surface area (Å²) in [5, 5.41) is 0. The average Bonchev–Trinajstić information content (AvgIpc) is 2.28. The predicted octanol–water partition coefficient (Wildman–Crippen LogP) is 3.60. The SMILES string of the molecule is CC=C1CC(C(=O)OC)(c2cccc(Br)c2)C1. The standard InChI is InChI=1S/C14H15BrO2/c1-3-10-8-14(9-10,13(16)17-2)11-5-4-6-12(15)7-11/h3-7H,8-9H2,1-2H3. The fraction of sp³-hybridized carbons (Fsp3) is 0.357. The van der Waals surface area contributed by atoms with Crippen LogP contribution in [0.4, 0.5) is 0 Å². The minimum absolute atomic E-state index is 0.138. The lowest BCUT2D eigenvalue weighted by Crippen LogP contribution is -2.44. The summed E-state index contributed by atoms with van der Waals surface area (Å²) in [6.07, 6.45) is 3.62. The summed E-state index contributed by atoms with van der Waals surface area (Å²) in [7, 11) is 1.45. The number of carbonyl (C=O) groups excluding carboxylic acids is 1. The normalized spacial score (nSPS) is 22.9. The number of hydrogen-bond donors (Lipinski definition) is 0. The molecular weight excluding hydrogens is 280 g/mol. The van der Waals surface area contributed by atoms with Crippen molar-refractivity contribution in [1.82, 2.24) is 0 Å². The molecule has 0 N–H and O–H groups in total. The molecule has 1 aliphatic rings. The Kier molecular flexibility index (Phi) is 3.38. The van der Waals surface area contributed by atoms with Crippen LogP contribution in [-0.4, -0.2) is 13.1 Å². The first kappa shape index (κ1) is 12.4. The van der Waals surface area contributed by atoms with Gasteiger partial charge in [-0.3, -0.25) is 4.79 Å². The third-order valence-corrected chi connectivity index (χ3v) is 3.91. The molecule has 17 heavy (non-hydrogen) atoms. The van der Waals surface area contributed by atoms with Crippen LogP contribution in [0.15, 0.2) is 40.4 Å². The predicted molar refractivity (Wildman–Crippen MR) is 70.8 cm³/mol. The van der Waals surface area contributed by atoms with Crippen LogP contribution in [0, 0.1) is 0 Å². The van der Waals surface area contributed by atoms with E-state index in [1.807, 2.05) is 31.2 Å². The van der Waals surface area contributed by atoms with Gasteiger partial charge in [-0.25, -0.2) is 0 Å². The van der Waals surface area contributed by atoms with Crippen molar-refractivity contribution >= 4 is 21.9 Å². The minimum Gasteiger partial charge on any atom is -0.468 e. The van der Waals surface area contributed by atoms with Crippen LogP contribution in [0.1, 0.15) is 25.3 Å². The first-order valence-electron chi connectivity index (χ1n) is 5.61. The molecule has 0 bridgehead atoms. The third-order valence-electron chi connectivity index (χ3n) is 3.42. The topological polar surface area (TPSA) is 26.3 Å². The highest BCUT2D eigenvalue weighted by Crippen LogP contribution is 2.48. The van der Waals surface area contributed by atoms with Crippen molar-refractivity contribution in [3.05, 3.63) is 46.0 Å². The largest absolute Gasteiger partial charge is 0.468 e. The Morgan fingerprint density at radius 3 is 2.71 bits per heavy atom. The summed E-state index contributed by atoms with van der Waals surface area (Å²) in [6, 6.07) is 7.92. The number of ether oxygens (including phenoxy) is 1. The smallest absolute Gasteiger partial charge is 0.316 e. The van der Waals surface area contributed by atoms with Gasteiger partial charge in [0.15, 0.2) is 0 Å². The molecule has 0 saturated heterocycles. The summed E-state index contributed by atoms with van der Waals surface area (Å²) in [4.78, 5) is 12.0. The van der Waals surface area contributed by atoms with E-state index in [1.165, 1.54) is 12.7 Å². The Labute approximate surface area is 110 Å². The van der Waals surface area contributed by atoms with E-state index in [0.29, 0.717) is 0 Å². The quantitative estimate of drug-likeness (QED) is 0.615. The molecule has 90 valence electrons. The second-order valence-corrected chi connectivity index (χ2v) is 5.30. The fourth-order valence-corrected chi connectivity index (χ4v) is 2.77. The molecule has 0 aliphatic heterocycles. The lowest BCUT2D eigenvalue weighted by atomic mass is 9.61. The van der Waals surface area contributed by atoms with Crippen molar-refractivity contribution in [3.63, 3.8) is 0 Å². The molecule has 1 saturated carbocycles. The number of carbonyl (C=O) groups is 1. The van der Waals surface area contributed by atoms with E-state index in [4.69, 9.17) is 4.74 Å². The Morgan fingerprint density at radius 2 is 2.18 bits per heavy atom. The lowest BCUT2D eigenvalue weighted by Gasteiger charge is -2.41. The van der Waals surface area contributed by atoms with E-state index < -0.39 is 5.41 Å². The van der Waals surface area contributed by atoms with Gasteiger partial charge in [-0.05, 0) is 37.5 Å². The Hall–Kier alpha value is -1.09. The van der Waals surface area contributed by atoms with Crippen molar-refractivity contribution < 1.29 is 9.53 Å². The summed E-state index contributed by atoms with van der Waals surface area (Å²) in [5.41, 5.74) is 1.88. The molecule has 3 heteroatoms. The molecule has 0 aromatic heterocycles. The zero-order valence-electron chi connectivity index (χ0n) is 10.00. The summed E-state index contributed by atoms with van der Waals surface area (Å²) in [6.45, 7) is 2.01. The molecule has 0 spiro atoms. The maximum absolute atomic E-state index is 12.0. The summed E-state index contributed by atoms with van der Waals surface area (Å²) in [5.74, 6) is -0.138. The summed E-state index contributed by atoms with van der Waals surface area (Å²) >= 11 is 3.44. The van der Waals surface area contributed by atoms with Crippen LogP contribution in [0.5, 0.6) is 0 Å². The Morgan fingerprint density at radius 1 is 1.47 bits per heavy atom. The van der Waals surface area contributed by atoms with Crippen LogP contribution in [0.25, 0.3) is 0 Å². The first-order valence-corrected chi connectivity index (χ1v) is 6.40. The number of allylic oxidation sites excluding steroid dienone is 2. The number of halogens is 1. The van der Waals surface area contributed by atoms with E-state index in [0.717, 1.165) is 22.9 Å². The van der Waals surface area contributed by atoms with Crippen LogP contribution >= 0.6 is 15.9 Å². The second-order valence-electron chi connectivity index (χ2n) is 4.38. The zero-order valence-corrected chi connectivity index (χ0v) is 11.6. The maximum atomic E-state index is 12.0. The van der Waals surface area contributed by atoms with Gasteiger partial charge < -0.3 is 4.74 Å². The van der Waals surface area contributed by atoms with Gasteiger partial charge in [0.05, 0.1) is 7.11 Å². The van der Waals surface area contributed by atoms with Crippen molar-refractivity contribution in [2.45, 2.75) is 25.2 Å². The lowest BCUT2D eigenvalue weighted by molar-refractivity contribution is -0.149. The van der Waals surface area contributed by atoms with Gasteiger partial charge in [0.25, 0.3) is 0 Å². The number of benzene rings is 1. The Balaban J connectivity index is 2.39. The van der Waals surface area contributed by atoms with Gasteiger partial charge in [-0.1, -0.05) is 39.7 Å². The number of hydrogen-bond acceptors (Lipinski definition) is 2. The number of methoxy groups -OCH3 is 1. The van der Waals surface area contributed by atoms with Crippen molar-refractivity contribution in [2.75, 3.05) is 7.11 Å². The highest BCUT2D eigenvalue weighted by molar-refractivity contribution is 9.10. The van der Waals surface area contributed by atoms with E-state index in [1.54, 1.807) is 0 Å². The molecule has 1 aliphatic carbocycles. The fourth-order valence-electron chi connectivity index (χ4n) is 2.38. The molecule has 1 fully saturated rings. The van der Waals surface area contributed by atoms with Crippen molar-refractivity contribution in [2.24, 2.45) is 0 Å². The maximum Gasteiger partial charge on any atom is 0.316 e. The molecule has 1 aromatic carbocycles. The molecule has 0 atom stereocenters. The molecule has 0 amide bonds. The molecule has 0 heterocycles. The average molecular weight is 295 g/mol.